The Morgan fingerprint density at radius 3 is 2.15 bits per heavy atom. The van der Waals surface area contributed by atoms with Crippen LogP contribution in [0.15, 0.2) is 78.9 Å². The van der Waals surface area contributed by atoms with Crippen molar-refractivity contribution in [1.29, 1.82) is 0 Å². The average Bonchev–Trinajstić information content (AvgIpc) is 2.69. The Labute approximate surface area is 152 Å². The highest BCUT2D eigenvalue weighted by molar-refractivity contribution is 5.95. The smallest absolute Gasteiger partial charge is 0.262 e. The lowest BCUT2D eigenvalue weighted by atomic mass is 10.2. The van der Waals surface area contributed by atoms with Crippen LogP contribution >= 0.6 is 0 Å². The summed E-state index contributed by atoms with van der Waals surface area (Å²) in [6, 6.07) is 24.3. The lowest BCUT2D eigenvalue weighted by Gasteiger charge is -2.15. The maximum Gasteiger partial charge on any atom is 0.262 e. The first-order valence-electron chi connectivity index (χ1n) is 8.23. The van der Waals surface area contributed by atoms with Crippen LogP contribution in [0.2, 0.25) is 0 Å². The largest absolute Gasteiger partial charge is 0.495 e. The summed E-state index contributed by atoms with van der Waals surface area (Å²) in [7, 11) is 1.62. The minimum absolute atomic E-state index is 0.0625. The zero-order valence-electron chi connectivity index (χ0n) is 14.4. The summed E-state index contributed by atoms with van der Waals surface area (Å²) >= 11 is 0. The Balaban J connectivity index is 1.68. The summed E-state index contributed by atoms with van der Waals surface area (Å²) in [6.45, 7) is -0.0625. The van der Waals surface area contributed by atoms with Crippen molar-refractivity contribution in [1.82, 2.24) is 0 Å². The van der Waals surface area contributed by atoms with Crippen molar-refractivity contribution in [3.8, 4) is 11.5 Å². The van der Waals surface area contributed by atoms with Gasteiger partial charge in [-0.25, -0.2) is 0 Å². The van der Waals surface area contributed by atoms with E-state index >= 15 is 0 Å². The highest BCUT2D eigenvalue weighted by Gasteiger charge is 2.09. The number of carbonyl (C=O) groups excluding carboxylic acids is 1. The van der Waals surface area contributed by atoms with Crippen LogP contribution in [0, 0.1) is 0 Å². The molecule has 0 bridgehead atoms. The summed E-state index contributed by atoms with van der Waals surface area (Å²) in [6.07, 6.45) is 0. The average molecular weight is 348 g/mol. The van der Waals surface area contributed by atoms with Gasteiger partial charge in [0, 0.05) is 0 Å². The van der Waals surface area contributed by atoms with Gasteiger partial charge in [0.2, 0.25) is 0 Å². The fourth-order valence-corrected chi connectivity index (χ4v) is 2.45. The number of nitrogens with one attached hydrogen (secondary N) is 2. The summed E-state index contributed by atoms with van der Waals surface area (Å²) in [4.78, 5) is 12.2. The molecule has 2 N–H and O–H groups in total. The van der Waals surface area contributed by atoms with Gasteiger partial charge in [0.1, 0.15) is 11.5 Å². The topological polar surface area (TPSA) is 59.6 Å². The molecule has 5 heteroatoms. The van der Waals surface area contributed by atoms with Crippen LogP contribution in [-0.4, -0.2) is 19.6 Å². The summed E-state index contributed by atoms with van der Waals surface area (Å²) in [5, 5.41) is 6.16. The molecule has 3 rings (SSSR count). The number of amides is 1. The number of hydrogen-bond donors (Lipinski definition) is 2. The Hall–Kier alpha value is -3.47. The minimum Gasteiger partial charge on any atom is -0.495 e. The summed E-state index contributed by atoms with van der Waals surface area (Å²) in [5.74, 6) is 1.15. The quantitative estimate of drug-likeness (QED) is 0.662. The molecule has 0 aliphatic rings. The lowest BCUT2D eigenvalue weighted by molar-refractivity contribution is -0.118. The van der Waals surface area contributed by atoms with E-state index in [1.54, 1.807) is 7.11 Å². The fourth-order valence-electron chi connectivity index (χ4n) is 2.45. The summed E-state index contributed by atoms with van der Waals surface area (Å²) < 4.78 is 10.8. The number of rotatable bonds is 7. The number of para-hydroxylation sites is 5. The highest BCUT2D eigenvalue weighted by atomic mass is 16.5. The SMILES string of the molecule is COc1ccccc1Nc1ccccc1NC(=O)COc1ccccc1. The van der Waals surface area contributed by atoms with Gasteiger partial charge in [-0.05, 0) is 36.4 Å². The Morgan fingerprint density at radius 1 is 0.808 bits per heavy atom. The first kappa shape index (κ1) is 17.4. The van der Waals surface area contributed by atoms with Gasteiger partial charge in [0.05, 0.1) is 24.2 Å². The number of ether oxygens (including phenoxy) is 2. The van der Waals surface area contributed by atoms with Gasteiger partial charge in [-0.3, -0.25) is 4.79 Å². The molecule has 132 valence electrons. The van der Waals surface area contributed by atoms with E-state index < -0.39 is 0 Å². The van der Waals surface area contributed by atoms with Crippen molar-refractivity contribution < 1.29 is 14.3 Å². The molecule has 0 heterocycles. The first-order valence-corrected chi connectivity index (χ1v) is 8.23. The monoisotopic (exact) mass is 348 g/mol. The predicted molar refractivity (Wildman–Crippen MR) is 103 cm³/mol. The van der Waals surface area contributed by atoms with Crippen LogP contribution in [0.5, 0.6) is 11.5 Å². The zero-order valence-corrected chi connectivity index (χ0v) is 14.4. The summed E-state index contributed by atoms with van der Waals surface area (Å²) in [5.41, 5.74) is 2.25. The first-order chi connectivity index (χ1) is 12.8. The van der Waals surface area contributed by atoms with Crippen molar-refractivity contribution in [3.63, 3.8) is 0 Å². The number of methoxy groups -OCH3 is 1. The number of benzene rings is 3. The Bertz CT molecular complexity index is 866. The third-order valence-electron chi connectivity index (χ3n) is 3.69. The van der Waals surface area contributed by atoms with Crippen molar-refractivity contribution in [2.24, 2.45) is 0 Å². The van der Waals surface area contributed by atoms with Crippen molar-refractivity contribution in [2.45, 2.75) is 0 Å². The second kappa shape index (κ2) is 8.58. The molecule has 0 fully saturated rings. The van der Waals surface area contributed by atoms with Crippen LogP contribution in [0.4, 0.5) is 17.1 Å². The van der Waals surface area contributed by atoms with E-state index in [9.17, 15) is 4.79 Å². The molecule has 0 atom stereocenters. The third kappa shape index (κ3) is 4.54. The van der Waals surface area contributed by atoms with Crippen LogP contribution < -0.4 is 20.1 Å². The number of hydrogen-bond acceptors (Lipinski definition) is 4. The lowest BCUT2D eigenvalue weighted by Crippen LogP contribution is -2.20. The minimum atomic E-state index is -0.233. The molecule has 0 saturated heterocycles. The zero-order chi connectivity index (χ0) is 18.2. The molecule has 26 heavy (non-hydrogen) atoms. The highest BCUT2D eigenvalue weighted by Crippen LogP contribution is 2.30. The van der Waals surface area contributed by atoms with Crippen LogP contribution in [0.25, 0.3) is 0 Å². The predicted octanol–water partition coefficient (Wildman–Crippen LogP) is 4.46. The van der Waals surface area contributed by atoms with Crippen LogP contribution in [-0.2, 0) is 4.79 Å². The second-order valence-electron chi connectivity index (χ2n) is 5.52. The van der Waals surface area contributed by atoms with Crippen LogP contribution in [0.1, 0.15) is 0 Å². The molecule has 0 unspecified atom stereocenters. The van der Waals surface area contributed by atoms with E-state index in [2.05, 4.69) is 10.6 Å². The van der Waals surface area contributed by atoms with E-state index in [0.29, 0.717) is 11.4 Å². The molecular formula is C21H20N2O3. The second-order valence-corrected chi connectivity index (χ2v) is 5.52. The molecule has 0 aromatic heterocycles. The van der Waals surface area contributed by atoms with Crippen molar-refractivity contribution >= 4 is 23.0 Å². The molecule has 0 radical (unpaired) electrons. The van der Waals surface area contributed by atoms with E-state index in [-0.39, 0.29) is 12.5 Å². The number of carbonyl (C=O) groups is 1. The maximum atomic E-state index is 12.2. The fraction of sp³-hybridized carbons (Fsp3) is 0.0952. The van der Waals surface area contributed by atoms with E-state index in [1.807, 2.05) is 78.9 Å². The molecule has 1 amide bonds. The molecule has 0 aliphatic carbocycles. The van der Waals surface area contributed by atoms with Gasteiger partial charge in [0.25, 0.3) is 5.91 Å². The number of anilines is 3. The van der Waals surface area contributed by atoms with Gasteiger partial charge in [-0.2, -0.15) is 0 Å². The Kier molecular flexibility index (Phi) is 5.72. The molecule has 0 spiro atoms. The van der Waals surface area contributed by atoms with E-state index in [4.69, 9.17) is 9.47 Å². The van der Waals surface area contributed by atoms with Gasteiger partial charge in [0.15, 0.2) is 6.61 Å². The van der Waals surface area contributed by atoms with Gasteiger partial charge >= 0.3 is 0 Å². The van der Waals surface area contributed by atoms with Crippen LogP contribution in [0.3, 0.4) is 0 Å². The standard InChI is InChI=1S/C21H20N2O3/c1-25-20-14-8-7-13-19(20)22-17-11-5-6-12-18(17)23-21(24)15-26-16-9-3-2-4-10-16/h2-14,22H,15H2,1H3,(H,23,24). The van der Waals surface area contributed by atoms with Gasteiger partial charge in [-0.1, -0.05) is 42.5 Å². The molecule has 0 saturated carbocycles. The van der Waals surface area contributed by atoms with E-state index in [1.165, 1.54) is 0 Å². The maximum absolute atomic E-state index is 12.2. The Morgan fingerprint density at radius 2 is 1.42 bits per heavy atom. The third-order valence-corrected chi connectivity index (χ3v) is 3.69. The van der Waals surface area contributed by atoms with Gasteiger partial charge in [-0.15, -0.1) is 0 Å². The van der Waals surface area contributed by atoms with Crippen molar-refractivity contribution in [2.75, 3.05) is 24.4 Å². The van der Waals surface area contributed by atoms with E-state index in [0.717, 1.165) is 17.1 Å². The van der Waals surface area contributed by atoms with Gasteiger partial charge < -0.3 is 20.1 Å². The molecule has 3 aromatic carbocycles. The normalized spacial score (nSPS) is 10.0. The molecule has 3 aromatic rings. The molecule has 0 aliphatic heterocycles. The molecule has 5 nitrogen and oxygen atoms in total. The van der Waals surface area contributed by atoms with Crippen molar-refractivity contribution in [3.05, 3.63) is 78.9 Å². The molecular weight excluding hydrogens is 328 g/mol.